The second-order valence-corrected chi connectivity index (χ2v) is 7.69. The van der Waals surface area contributed by atoms with Gasteiger partial charge in [0.1, 0.15) is 0 Å². The van der Waals surface area contributed by atoms with Gasteiger partial charge in [-0.3, -0.25) is 0 Å². The second-order valence-electron chi connectivity index (χ2n) is 6.83. The maximum atomic E-state index is 11.4. The Morgan fingerprint density at radius 2 is 1.81 bits per heavy atom. The largest absolute Gasteiger partial charge is 0.619 e. The number of nitrogens with one attached hydrogen (secondary N) is 1. The van der Waals surface area contributed by atoms with E-state index in [1.807, 2.05) is 11.4 Å². The summed E-state index contributed by atoms with van der Waals surface area (Å²) in [5.41, 5.74) is 4.06. The van der Waals surface area contributed by atoms with Crippen LogP contribution in [0.4, 0.5) is 10.8 Å². The number of hydrogen-bond donors (Lipinski definition) is 1. The number of anilines is 2. The number of aryl methyl sites for hydroxylation is 1. The van der Waals surface area contributed by atoms with Gasteiger partial charge in [-0.15, -0.1) is 11.3 Å². The molecule has 0 unspecified atom stereocenters. The maximum absolute atomic E-state index is 11.4. The Kier molecular flexibility index (Phi) is 7.22. The molecular formula is C22H27N3OS. The third-order valence-corrected chi connectivity index (χ3v) is 5.36. The van der Waals surface area contributed by atoms with Crippen LogP contribution in [-0.2, 0) is 6.42 Å². The van der Waals surface area contributed by atoms with Gasteiger partial charge in [0.25, 0.3) is 0 Å². The first-order valence-electron chi connectivity index (χ1n) is 9.75. The summed E-state index contributed by atoms with van der Waals surface area (Å²) in [6.45, 7) is 2.26. The average Bonchev–Trinajstić information content (AvgIpc) is 3.14. The molecular weight excluding hydrogens is 354 g/mol. The number of thiazole rings is 1. The summed E-state index contributed by atoms with van der Waals surface area (Å²) < 4.78 is 0.796. The van der Waals surface area contributed by atoms with Crippen molar-refractivity contribution in [3.8, 4) is 11.3 Å². The minimum absolute atomic E-state index is 0.796. The summed E-state index contributed by atoms with van der Waals surface area (Å²) in [6, 6.07) is 12.2. The molecule has 1 aromatic carbocycles. The van der Waals surface area contributed by atoms with E-state index >= 15 is 0 Å². The van der Waals surface area contributed by atoms with Gasteiger partial charge in [-0.25, -0.2) is 4.98 Å². The molecule has 0 aliphatic rings. The van der Waals surface area contributed by atoms with Gasteiger partial charge in [0.05, 0.1) is 11.3 Å². The van der Waals surface area contributed by atoms with Gasteiger partial charge in [0, 0.05) is 17.1 Å². The number of nitrogens with zero attached hydrogens (tertiary/aromatic N) is 2. The predicted octanol–water partition coefficient (Wildman–Crippen LogP) is 6.09. The molecule has 3 aromatic rings. The molecule has 1 N–H and O–H groups in total. The van der Waals surface area contributed by atoms with E-state index in [0.29, 0.717) is 0 Å². The number of unbranched alkanes of at least 4 members (excludes halogenated alkanes) is 5. The Balaban J connectivity index is 1.50. The Hall–Kier alpha value is -2.40. The third kappa shape index (κ3) is 6.07. The fourth-order valence-corrected chi connectivity index (χ4v) is 3.80. The number of rotatable bonds is 10. The molecule has 0 bridgehead atoms. The topological polar surface area (TPSA) is 51.9 Å². The minimum Gasteiger partial charge on any atom is -0.619 e. The number of benzene rings is 1. The monoisotopic (exact) mass is 381 g/mol. The van der Waals surface area contributed by atoms with Crippen LogP contribution in [0.1, 0.15) is 51.0 Å². The Morgan fingerprint density at radius 3 is 2.59 bits per heavy atom. The van der Waals surface area contributed by atoms with Crippen LogP contribution in [0.25, 0.3) is 11.3 Å². The molecule has 27 heavy (non-hydrogen) atoms. The molecule has 0 atom stereocenters. The lowest BCUT2D eigenvalue weighted by atomic mass is 10.0. The van der Waals surface area contributed by atoms with Crippen LogP contribution in [-0.4, -0.2) is 4.98 Å². The first-order chi connectivity index (χ1) is 13.2. The molecule has 0 saturated heterocycles. The zero-order chi connectivity index (χ0) is 18.9. The van der Waals surface area contributed by atoms with Crippen LogP contribution in [0, 0.1) is 5.21 Å². The van der Waals surface area contributed by atoms with Gasteiger partial charge in [-0.2, -0.15) is 4.73 Å². The van der Waals surface area contributed by atoms with Gasteiger partial charge < -0.3 is 10.5 Å². The van der Waals surface area contributed by atoms with Crippen molar-refractivity contribution in [3.05, 3.63) is 64.9 Å². The summed E-state index contributed by atoms with van der Waals surface area (Å²) >= 11 is 1.54. The van der Waals surface area contributed by atoms with E-state index in [1.165, 1.54) is 67.8 Å². The van der Waals surface area contributed by atoms with Crippen LogP contribution in [0.3, 0.4) is 0 Å². The zero-order valence-electron chi connectivity index (χ0n) is 15.9. The fraction of sp³-hybridized carbons (Fsp3) is 0.364. The maximum Gasteiger partial charge on any atom is 0.189 e. The molecule has 0 saturated carbocycles. The van der Waals surface area contributed by atoms with Crippen molar-refractivity contribution < 1.29 is 4.73 Å². The Morgan fingerprint density at radius 1 is 1.04 bits per heavy atom. The lowest BCUT2D eigenvalue weighted by molar-refractivity contribution is -0.604. The standard InChI is InChI=1S/C22H27N3OS/c1-2-3-4-5-6-7-9-18-11-13-20(14-12-18)23-22-24-21(17-27-22)19-10-8-15-25(26)16-19/h8,10-17H,2-7,9H2,1H3,(H,23,24). The van der Waals surface area contributed by atoms with Gasteiger partial charge in [0.15, 0.2) is 17.5 Å². The summed E-state index contributed by atoms with van der Waals surface area (Å²) in [4.78, 5) is 4.58. The molecule has 2 aromatic heterocycles. The van der Waals surface area contributed by atoms with Crippen LogP contribution in [0.15, 0.2) is 54.2 Å². The van der Waals surface area contributed by atoms with Gasteiger partial charge in [-0.1, -0.05) is 51.2 Å². The number of pyridine rings is 1. The predicted molar refractivity (Wildman–Crippen MR) is 113 cm³/mol. The average molecular weight is 382 g/mol. The molecule has 0 aliphatic heterocycles. The van der Waals surface area contributed by atoms with Gasteiger partial charge in [-0.05, 0) is 36.6 Å². The van der Waals surface area contributed by atoms with Crippen molar-refractivity contribution in [2.24, 2.45) is 0 Å². The Bertz CT molecular complexity index is 830. The molecule has 0 radical (unpaired) electrons. The highest BCUT2D eigenvalue weighted by Gasteiger charge is 2.07. The summed E-state index contributed by atoms with van der Waals surface area (Å²) in [6.07, 6.45) is 12.1. The highest BCUT2D eigenvalue weighted by Crippen LogP contribution is 2.26. The SMILES string of the molecule is CCCCCCCCc1ccc(Nc2nc(-c3ccc[n+]([O-])c3)cs2)cc1. The van der Waals surface area contributed by atoms with E-state index < -0.39 is 0 Å². The molecule has 0 fully saturated rings. The molecule has 4 nitrogen and oxygen atoms in total. The number of hydrogen-bond acceptors (Lipinski definition) is 4. The lowest BCUT2D eigenvalue weighted by Gasteiger charge is -2.05. The molecule has 0 spiro atoms. The first kappa shape index (κ1) is 19.4. The van der Waals surface area contributed by atoms with Crippen LogP contribution < -0.4 is 10.0 Å². The van der Waals surface area contributed by atoms with Crippen molar-refractivity contribution in [2.45, 2.75) is 51.9 Å². The van der Waals surface area contributed by atoms with Gasteiger partial charge in [0.2, 0.25) is 0 Å². The number of aromatic nitrogens is 2. The summed E-state index contributed by atoms with van der Waals surface area (Å²) in [7, 11) is 0. The van der Waals surface area contributed by atoms with Crippen molar-refractivity contribution in [3.63, 3.8) is 0 Å². The smallest absolute Gasteiger partial charge is 0.189 e. The first-order valence-corrected chi connectivity index (χ1v) is 10.6. The van der Waals surface area contributed by atoms with E-state index in [4.69, 9.17) is 0 Å². The van der Waals surface area contributed by atoms with E-state index in [-0.39, 0.29) is 0 Å². The summed E-state index contributed by atoms with van der Waals surface area (Å²) in [5, 5.41) is 17.6. The highest BCUT2D eigenvalue weighted by molar-refractivity contribution is 7.14. The van der Waals surface area contributed by atoms with Crippen LogP contribution in [0.2, 0.25) is 0 Å². The van der Waals surface area contributed by atoms with Crippen LogP contribution in [0.5, 0.6) is 0 Å². The molecule has 5 heteroatoms. The van der Waals surface area contributed by atoms with Gasteiger partial charge >= 0.3 is 0 Å². The van der Waals surface area contributed by atoms with Crippen LogP contribution >= 0.6 is 11.3 Å². The van der Waals surface area contributed by atoms with Crippen molar-refractivity contribution in [2.75, 3.05) is 5.32 Å². The molecule has 0 aliphatic carbocycles. The molecule has 142 valence electrons. The molecule has 2 heterocycles. The van der Waals surface area contributed by atoms with Crippen molar-refractivity contribution in [1.82, 2.24) is 4.98 Å². The second kappa shape index (κ2) is 10.1. The lowest BCUT2D eigenvalue weighted by Crippen LogP contribution is -2.23. The molecule has 3 rings (SSSR count). The third-order valence-electron chi connectivity index (χ3n) is 4.60. The van der Waals surface area contributed by atoms with E-state index in [1.54, 1.807) is 6.07 Å². The van der Waals surface area contributed by atoms with Crippen molar-refractivity contribution in [1.29, 1.82) is 0 Å². The van der Waals surface area contributed by atoms with Crippen molar-refractivity contribution >= 4 is 22.2 Å². The van der Waals surface area contributed by atoms with E-state index in [0.717, 1.165) is 33.2 Å². The zero-order valence-corrected chi connectivity index (χ0v) is 16.7. The normalized spacial score (nSPS) is 10.9. The van der Waals surface area contributed by atoms with E-state index in [2.05, 4.69) is 41.5 Å². The highest BCUT2D eigenvalue weighted by atomic mass is 32.1. The summed E-state index contributed by atoms with van der Waals surface area (Å²) in [5.74, 6) is 0. The fourth-order valence-electron chi connectivity index (χ4n) is 3.06. The minimum atomic E-state index is 0.796. The van der Waals surface area contributed by atoms with E-state index in [9.17, 15) is 5.21 Å². The molecule has 0 amide bonds. The Labute approximate surface area is 165 Å². The quantitative estimate of drug-likeness (QED) is 0.263.